The zero-order chi connectivity index (χ0) is 16.4. The molecule has 0 radical (unpaired) electrons. The number of hydrazone groups is 1. The van der Waals surface area contributed by atoms with Crippen LogP contribution in [0.25, 0.3) is 0 Å². The maximum atomic E-state index is 12.4. The first-order valence-electron chi connectivity index (χ1n) is 8.02. The second-order valence-electron chi connectivity index (χ2n) is 6.14. The Balaban J connectivity index is 1.79. The van der Waals surface area contributed by atoms with Gasteiger partial charge in [0.25, 0.3) is 5.91 Å². The highest BCUT2D eigenvalue weighted by atomic mass is 35.5. The Bertz CT molecular complexity index is 666. The smallest absolute Gasteiger partial charge is 0.267 e. The molecule has 0 saturated heterocycles. The lowest BCUT2D eigenvalue weighted by molar-refractivity contribution is -0.119. The summed E-state index contributed by atoms with van der Waals surface area (Å²) in [6.45, 7) is 1.90. The van der Waals surface area contributed by atoms with Gasteiger partial charge in [0, 0.05) is 23.9 Å². The molecule has 23 heavy (non-hydrogen) atoms. The second-order valence-corrected chi connectivity index (χ2v) is 6.55. The van der Waals surface area contributed by atoms with E-state index in [0.29, 0.717) is 22.8 Å². The van der Waals surface area contributed by atoms with Crippen LogP contribution in [0.2, 0.25) is 5.02 Å². The Kier molecular flexibility index (Phi) is 4.66. The Hall–Kier alpha value is -1.88. The van der Waals surface area contributed by atoms with Crippen molar-refractivity contribution in [2.75, 3.05) is 5.01 Å². The van der Waals surface area contributed by atoms with Gasteiger partial charge in [-0.25, -0.2) is 5.01 Å². The number of nitrogens with zero attached hydrogens (tertiary/aromatic N) is 2. The predicted molar refractivity (Wildman–Crippen MR) is 90.7 cm³/mol. The molecule has 1 aromatic rings. The van der Waals surface area contributed by atoms with E-state index in [-0.39, 0.29) is 24.3 Å². The molecule has 122 valence electrons. The van der Waals surface area contributed by atoms with Gasteiger partial charge in [0.15, 0.2) is 0 Å². The molecule has 1 aromatic carbocycles. The Labute approximate surface area is 140 Å². The van der Waals surface area contributed by atoms with E-state index in [1.54, 1.807) is 12.1 Å². The highest BCUT2D eigenvalue weighted by Gasteiger charge is 2.27. The third kappa shape index (κ3) is 3.55. The number of carbonyl (C=O) groups excluding carboxylic acids is 2. The third-order valence-corrected chi connectivity index (χ3v) is 4.79. The maximum Gasteiger partial charge on any atom is 0.267 e. The topological polar surface area (TPSA) is 61.8 Å². The minimum Gasteiger partial charge on any atom is -0.348 e. The normalized spacial score (nSPS) is 19.0. The van der Waals surface area contributed by atoms with Crippen LogP contribution in [0, 0.1) is 6.92 Å². The predicted octanol–water partition coefficient (Wildman–Crippen LogP) is 3.19. The van der Waals surface area contributed by atoms with Gasteiger partial charge in [-0.2, -0.15) is 5.10 Å². The fourth-order valence-corrected chi connectivity index (χ4v) is 3.15. The van der Waals surface area contributed by atoms with E-state index in [2.05, 4.69) is 10.4 Å². The quantitative estimate of drug-likeness (QED) is 0.923. The van der Waals surface area contributed by atoms with Crippen LogP contribution in [0.5, 0.6) is 0 Å². The van der Waals surface area contributed by atoms with Crippen molar-refractivity contribution >= 4 is 34.8 Å². The molecule has 5 nitrogen and oxygen atoms in total. The molecule has 0 aromatic heterocycles. The van der Waals surface area contributed by atoms with Gasteiger partial charge < -0.3 is 5.32 Å². The minimum absolute atomic E-state index is 0.123. The number of benzene rings is 1. The molecule has 1 aliphatic carbocycles. The van der Waals surface area contributed by atoms with Gasteiger partial charge in [0.05, 0.1) is 5.69 Å². The molecule has 0 spiro atoms. The van der Waals surface area contributed by atoms with Gasteiger partial charge in [-0.15, -0.1) is 0 Å². The zero-order valence-corrected chi connectivity index (χ0v) is 13.9. The van der Waals surface area contributed by atoms with E-state index in [1.165, 1.54) is 5.01 Å². The van der Waals surface area contributed by atoms with Crippen molar-refractivity contribution in [1.82, 2.24) is 5.32 Å². The van der Waals surface area contributed by atoms with E-state index in [0.717, 1.165) is 31.2 Å². The van der Waals surface area contributed by atoms with E-state index >= 15 is 0 Å². The summed E-state index contributed by atoms with van der Waals surface area (Å²) in [4.78, 5) is 24.5. The molecule has 2 aliphatic rings. The van der Waals surface area contributed by atoms with Crippen LogP contribution in [0.15, 0.2) is 23.3 Å². The summed E-state index contributed by atoms with van der Waals surface area (Å²) in [5.41, 5.74) is 1.94. The largest absolute Gasteiger partial charge is 0.348 e. The molecule has 1 fully saturated rings. The summed E-state index contributed by atoms with van der Waals surface area (Å²) in [5.74, 6) is -0.282. The molecule has 3 rings (SSSR count). The zero-order valence-electron chi connectivity index (χ0n) is 13.1. The summed E-state index contributed by atoms with van der Waals surface area (Å²) in [7, 11) is 0. The van der Waals surface area contributed by atoms with Crippen molar-refractivity contribution < 1.29 is 9.59 Å². The van der Waals surface area contributed by atoms with E-state index in [9.17, 15) is 9.59 Å². The van der Waals surface area contributed by atoms with Crippen molar-refractivity contribution in [3.8, 4) is 0 Å². The van der Waals surface area contributed by atoms with Crippen molar-refractivity contribution in [2.24, 2.45) is 5.10 Å². The van der Waals surface area contributed by atoms with Crippen LogP contribution < -0.4 is 10.3 Å². The number of hydrogen-bond acceptors (Lipinski definition) is 3. The van der Waals surface area contributed by atoms with Gasteiger partial charge >= 0.3 is 0 Å². The van der Waals surface area contributed by atoms with Crippen LogP contribution in [0.3, 0.4) is 0 Å². The molecule has 1 N–H and O–H groups in total. The summed E-state index contributed by atoms with van der Waals surface area (Å²) < 4.78 is 0. The van der Waals surface area contributed by atoms with Crippen molar-refractivity contribution in [2.45, 2.75) is 51.5 Å². The molecule has 0 atom stereocenters. The first-order chi connectivity index (χ1) is 11.0. The fraction of sp³-hybridized carbons (Fsp3) is 0.471. The van der Waals surface area contributed by atoms with Crippen molar-refractivity contribution in [3.05, 3.63) is 28.8 Å². The number of nitrogens with one attached hydrogen (secondary N) is 1. The number of halogens is 1. The van der Waals surface area contributed by atoms with Crippen LogP contribution in [0.1, 0.15) is 44.1 Å². The minimum atomic E-state index is -0.160. The summed E-state index contributed by atoms with van der Waals surface area (Å²) in [6.07, 6.45) is 5.02. The first-order valence-corrected chi connectivity index (χ1v) is 8.40. The maximum absolute atomic E-state index is 12.4. The van der Waals surface area contributed by atoms with Crippen molar-refractivity contribution in [3.63, 3.8) is 0 Å². The summed E-state index contributed by atoms with van der Waals surface area (Å²) in [6, 6.07) is 5.58. The molecule has 2 amide bonds. The average Bonchev–Trinajstić information content (AvgIpc) is 3.03. The SMILES string of the molecule is Cc1ccc(N2N=C(C(=O)NC3CCCC3)CCC2=O)cc1Cl. The van der Waals surface area contributed by atoms with Gasteiger partial charge in [-0.3, -0.25) is 9.59 Å². The standard InChI is InChI=1S/C17H20ClN3O2/c1-11-6-7-13(10-14(11)18)21-16(22)9-8-15(20-21)17(23)19-12-4-2-3-5-12/h6-7,10,12H,2-5,8-9H2,1H3,(H,19,23). The highest BCUT2D eigenvalue weighted by Crippen LogP contribution is 2.26. The summed E-state index contributed by atoms with van der Waals surface area (Å²) >= 11 is 6.13. The lowest BCUT2D eigenvalue weighted by atomic mass is 10.1. The number of anilines is 1. The molecule has 1 aliphatic heterocycles. The summed E-state index contributed by atoms with van der Waals surface area (Å²) in [5, 5.41) is 9.16. The van der Waals surface area contributed by atoms with Gasteiger partial charge in [-0.05, 0) is 37.5 Å². The molecular formula is C17H20ClN3O2. The van der Waals surface area contributed by atoms with Gasteiger partial charge in [0.2, 0.25) is 5.91 Å². The molecule has 0 unspecified atom stereocenters. The Morgan fingerprint density at radius 1 is 1.30 bits per heavy atom. The monoisotopic (exact) mass is 333 g/mol. The number of aryl methyl sites for hydroxylation is 1. The molecule has 6 heteroatoms. The van der Waals surface area contributed by atoms with E-state index in [1.807, 2.05) is 13.0 Å². The van der Waals surface area contributed by atoms with Crippen LogP contribution in [0.4, 0.5) is 5.69 Å². The Morgan fingerprint density at radius 2 is 2.04 bits per heavy atom. The number of amides is 2. The third-order valence-electron chi connectivity index (χ3n) is 4.39. The first kappa shape index (κ1) is 16.0. The van der Waals surface area contributed by atoms with E-state index < -0.39 is 0 Å². The van der Waals surface area contributed by atoms with Crippen LogP contribution in [-0.2, 0) is 9.59 Å². The lowest BCUT2D eigenvalue weighted by Gasteiger charge is -2.24. The van der Waals surface area contributed by atoms with Gasteiger partial charge in [-0.1, -0.05) is 30.5 Å². The van der Waals surface area contributed by atoms with Crippen LogP contribution >= 0.6 is 11.6 Å². The highest BCUT2D eigenvalue weighted by molar-refractivity contribution is 6.40. The number of hydrogen-bond donors (Lipinski definition) is 1. The van der Waals surface area contributed by atoms with Crippen LogP contribution in [-0.4, -0.2) is 23.6 Å². The molecule has 1 saturated carbocycles. The molecule has 0 bridgehead atoms. The van der Waals surface area contributed by atoms with Crippen molar-refractivity contribution in [1.29, 1.82) is 0 Å². The fourth-order valence-electron chi connectivity index (χ4n) is 2.97. The van der Waals surface area contributed by atoms with E-state index in [4.69, 9.17) is 11.6 Å². The molecular weight excluding hydrogens is 314 g/mol. The average molecular weight is 334 g/mol. The number of rotatable bonds is 3. The Morgan fingerprint density at radius 3 is 2.74 bits per heavy atom. The second kappa shape index (κ2) is 6.71. The molecule has 1 heterocycles. The van der Waals surface area contributed by atoms with Gasteiger partial charge in [0.1, 0.15) is 5.71 Å². The lowest BCUT2D eigenvalue weighted by Crippen LogP contribution is -2.42. The number of carbonyl (C=O) groups is 2.